The first kappa shape index (κ1) is 22.5. The molecule has 0 radical (unpaired) electrons. The van der Waals surface area contributed by atoms with Crippen LogP contribution in [0.4, 0.5) is 24.8 Å². The minimum absolute atomic E-state index is 0.0288. The normalized spacial score (nSPS) is 22.9. The molecule has 38 heavy (non-hydrogen) atoms. The number of halogens is 3. The number of anilines is 2. The Balaban J connectivity index is 1.88. The number of carbonyl (C=O) groups is 1. The summed E-state index contributed by atoms with van der Waals surface area (Å²) < 4.78 is 105. The second kappa shape index (κ2) is 11.5. The zero-order valence-corrected chi connectivity index (χ0v) is 21.3. The van der Waals surface area contributed by atoms with E-state index in [4.69, 9.17) is 5.48 Å². The van der Waals surface area contributed by atoms with Gasteiger partial charge in [-0.3, -0.25) is 4.72 Å². The van der Waals surface area contributed by atoms with Crippen molar-refractivity contribution < 1.29 is 31.9 Å². The van der Waals surface area contributed by atoms with Crippen LogP contribution in [0, 0.1) is 0 Å². The summed E-state index contributed by atoms with van der Waals surface area (Å²) in [6, 6.07) is 11.4. The van der Waals surface area contributed by atoms with Crippen LogP contribution in [0.2, 0.25) is 0 Å². The minimum Gasteiger partial charge on any atom is -0.357 e. The van der Waals surface area contributed by atoms with Crippen LogP contribution < -0.4 is 9.62 Å². The molecule has 1 aromatic carbocycles. The molecule has 0 aliphatic carbocycles. The van der Waals surface area contributed by atoms with E-state index in [9.17, 15) is 26.4 Å². The number of fused-ring (bicyclic) bond motifs is 6. The van der Waals surface area contributed by atoms with Crippen molar-refractivity contribution in [1.82, 2.24) is 9.97 Å². The first-order chi connectivity index (χ1) is 19.7. The molecule has 4 bridgehead atoms. The van der Waals surface area contributed by atoms with Crippen molar-refractivity contribution >= 4 is 27.4 Å². The van der Waals surface area contributed by atoms with Crippen LogP contribution in [0.1, 0.15) is 55.6 Å². The summed E-state index contributed by atoms with van der Waals surface area (Å²) in [6.07, 6.45) is -8.27. The van der Waals surface area contributed by atoms with Crippen molar-refractivity contribution in [3.05, 3.63) is 65.7 Å². The van der Waals surface area contributed by atoms with E-state index in [1.165, 1.54) is 48.2 Å². The second-order valence-corrected chi connectivity index (χ2v) is 10.3. The summed E-state index contributed by atoms with van der Waals surface area (Å²) in [5, 5.41) is -0.495. The number of alkyl halides is 3. The number of ketones is 1. The lowest BCUT2D eigenvalue weighted by Gasteiger charge is -2.24. The molecule has 0 amide bonds. The van der Waals surface area contributed by atoms with E-state index in [1.54, 1.807) is 6.07 Å². The molecule has 1 aliphatic heterocycles. The number of Topliss-reactive ketones (excluding diaryl/α,β-unsaturated/α-hetero) is 1. The van der Waals surface area contributed by atoms with Gasteiger partial charge in [0, 0.05) is 30.5 Å². The second-order valence-electron chi connectivity index (χ2n) is 8.65. The topological polar surface area (TPSA) is 92.3 Å². The molecule has 7 nitrogen and oxygen atoms in total. The number of aromatic nitrogens is 2. The van der Waals surface area contributed by atoms with Crippen LogP contribution in [0.5, 0.6) is 0 Å². The van der Waals surface area contributed by atoms with Gasteiger partial charge in [0.1, 0.15) is 17.4 Å². The molecule has 202 valence electrons. The largest absolute Gasteiger partial charge is 0.418 e. The fourth-order valence-electron chi connectivity index (χ4n) is 3.91. The maximum Gasteiger partial charge on any atom is 0.418 e. The number of pyridine rings is 2. The molecule has 11 heteroatoms. The van der Waals surface area contributed by atoms with Crippen molar-refractivity contribution in [2.75, 3.05) is 22.7 Å². The standard InChI is InChI=1S/C27H29F3N4O3S/c1-19(35)9-8-18-34-17-6-2-3-10-20-11-4-5-12-21(20)26-22(27(28,29)30)15-16-23(31-26)33-38(36,37)25-14-7-13-24(34)32-25/h4-5,7,11-16H,2-3,6,8-10,17-18H2,1H3,(H,31,33)/i3D,8D,10D,18D. The quantitative estimate of drug-likeness (QED) is 0.437. The Hall–Kier alpha value is -3.47. The molecule has 1 N–H and O–H groups in total. The Labute approximate surface area is 225 Å². The highest BCUT2D eigenvalue weighted by Crippen LogP contribution is 2.38. The maximum absolute atomic E-state index is 14.0. The number of nitrogens with zero attached hydrogens (tertiary/aromatic N) is 3. The van der Waals surface area contributed by atoms with Gasteiger partial charge >= 0.3 is 6.18 Å². The van der Waals surface area contributed by atoms with Crippen molar-refractivity contribution in [3.8, 4) is 11.3 Å². The number of rotatable bonds is 4. The van der Waals surface area contributed by atoms with E-state index >= 15 is 0 Å². The molecule has 3 heterocycles. The fraction of sp³-hybridized carbons (Fsp3) is 0.370. The molecule has 0 spiro atoms. The van der Waals surface area contributed by atoms with Crippen molar-refractivity contribution in [2.45, 2.75) is 56.6 Å². The SMILES string of the molecule is [2H]C1CCCN(C([2H])C([2H])CC(C)=O)c2cccc(n2)S(=O)(=O)Nc2ccc(C(F)(F)F)c(n2)-c2ccccc2C1[2H]. The molecule has 1 aliphatic rings. The highest BCUT2D eigenvalue weighted by atomic mass is 32.2. The monoisotopic (exact) mass is 550 g/mol. The Kier molecular flexibility index (Phi) is 6.82. The first-order valence-corrected chi connectivity index (χ1v) is 13.3. The highest BCUT2D eigenvalue weighted by Gasteiger charge is 2.35. The van der Waals surface area contributed by atoms with Crippen molar-refractivity contribution in [2.24, 2.45) is 0 Å². The number of hydrogen-bond donors (Lipinski definition) is 1. The van der Waals surface area contributed by atoms with Crippen LogP contribution in [0.3, 0.4) is 0 Å². The number of aryl methyl sites for hydroxylation is 1. The Morgan fingerprint density at radius 1 is 1.11 bits per heavy atom. The molecule has 4 unspecified atom stereocenters. The lowest BCUT2D eigenvalue weighted by atomic mass is 9.96. The maximum atomic E-state index is 14.0. The van der Waals surface area contributed by atoms with Crippen LogP contribution in [0.15, 0.2) is 59.6 Å². The summed E-state index contributed by atoms with van der Waals surface area (Å²) in [7, 11) is -4.48. The van der Waals surface area contributed by atoms with Crippen LogP contribution in [-0.4, -0.2) is 37.2 Å². The van der Waals surface area contributed by atoms with E-state index in [2.05, 4.69) is 14.7 Å². The molecule has 0 fully saturated rings. The average molecular weight is 551 g/mol. The Morgan fingerprint density at radius 3 is 2.66 bits per heavy atom. The number of hydrogen-bond acceptors (Lipinski definition) is 6. The summed E-state index contributed by atoms with van der Waals surface area (Å²) in [5.74, 6) is -0.680. The number of sulfonamides is 1. The van der Waals surface area contributed by atoms with Gasteiger partial charge in [-0.05, 0) is 62.4 Å². The van der Waals surface area contributed by atoms with E-state index in [-0.39, 0.29) is 48.5 Å². The Bertz CT molecular complexity index is 1560. The van der Waals surface area contributed by atoms with Crippen molar-refractivity contribution in [3.63, 3.8) is 0 Å². The van der Waals surface area contributed by atoms with E-state index in [0.717, 1.165) is 6.07 Å². The third-order valence-corrected chi connectivity index (χ3v) is 6.95. The summed E-state index contributed by atoms with van der Waals surface area (Å²) in [4.78, 5) is 21.2. The van der Waals surface area contributed by atoms with E-state index in [0.29, 0.717) is 6.07 Å². The first-order valence-electron chi connectivity index (χ1n) is 14.1. The van der Waals surface area contributed by atoms with Gasteiger partial charge in [0.2, 0.25) is 0 Å². The molecule has 0 saturated heterocycles. The molecule has 4 atom stereocenters. The van der Waals surface area contributed by atoms with Gasteiger partial charge in [0.25, 0.3) is 10.0 Å². The fourth-order valence-corrected chi connectivity index (χ4v) is 4.88. The van der Waals surface area contributed by atoms with Gasteiger partial charge in [-0.15, -0.1) is 0 Å². The van der Waals surface area contributed by atoms with Gasteiger partial charge in [-0.1, -0.05) is 36.8 Å². The summed E-state index contributed by atoms with van der Waals surface area (Å²) in [5.41, 5.74) is -1.63. The van der Waals surface area contributed by atoms with Gasteiger partial charge in [-0.25, -0.2) is 9.97 Å². The molecule has 4 rings (SSSR count). The Morgan fingerprint density at radius 2 is 1.89 bits per heavy atom. The molecular weight excluding hydrogens is 517 g/mol. The lowest BCUT2D eigenvalue weighted by molar-refractivity contribution is -0.137. The number of carbonyl (C=O) groups excluding carboxylic acids is 1. The third kappa shape index (κ3) is 6.69. The summed E-state index contributed by atoms with van der Waals surface area (Å²) in [6.45, 7) is 0.0488. The highest BCUT2D eigenvalue weighted by molar-refractivity contribution is 7.92. The van der Waals surface area contributed by atoms with Gasteiger partial charge in [-0.2, -0.15) is 21.6 Å². The zero-order chi connectivity index (χ0) is 30.8. The molecular formula is C27H29F3N4O3S. The predicted octanol–water partition coefficient (Wildman–Crippen LogP) is 5.87. The van der Waals surface area contributed by atoms with Crippen molar-refractivity contribution in [1.29, 1.82) is 0 Å². The third-order valence-electron chi connectivity index (χ3n) is 5.69. The molecule has 3 aromatic rings. The van der Waals surface area contributed by atoms with Gasteiger partial charge < -0.3 is 9.69 Å². The zero-order valence-electron chi connectivity index (χ0n) is 24.4. The lowest BCUT2D eigenvalue weighted by Crippen LogP contribution is -2.28. The van der Waals surface area contributed by atoms with Gasteiger partial charge in [0.05, 0.1) is 11.3 Å². The number of benzene rings is 1. The number of nitrogens with one attached hydrogen (secondary N) is 1. The smallest absolute Gasteiger partial charge is 0.357 e. The van der Waals surface area contributed by atoms with E-state index in [1.807, 2.05) is 0 Å². The molecule has 0 saturated carbocycles. The van der Waals surface area contributed by atoms with Crippen LogP contribution in [0.25, 0.3) is 11.3 Å². The minimum atomic E-state index is -4.84. The van der Waals surface area contributed by atoms with Crippen LogP contribution in [-0.2, 0) is 27.4 Å². The molecule has 2 aromatic heterocycles. The summed E-state index contributed by atoms with van der Waals surface area (Å²) >= 11 is 0. The van der Waals surface area contributed by atoms with Gasteiger partial charge in [0.15, 0.2) is 5.03 Å². The van der Waals surface area contributed by atoms with Crippen LogP contribution >= 0.6 is 0 Å². The van der Waals surface area contributed by atoms with E-state index < -0.39 is 64.0 Å². The average Bonchev–Trinajstić information content (AvgIpc) is 2.93. The predicted molar refractivity (Wildman–Crippen MR) is 139 cm³/mol.